The van der Waals surface area contributed by atoms with E-state index in [9.17, 15) is 4.79 Å². The second-order valence-corrected chi connectivity index (χ2v) is 6.47. The molecule has 0 saturated heterocycles. The third-order valence-corrected chi connectivity index (χ3v) is 4.49. The van der Waals surface area contributed by atoms with E-state index < -0.39 is 0 Å². The summed E-state index contributed by atoms with van der Waals surface area (Å²) in [5.74, 6) is -0.202. The Morgan fingerprint density at radius 3 is 1.96 bits per heavy atom. The zero-order valence-corrected chi connectivity index (χ0v) is 15.9. The molecule has 3 aromatic carbocycles. The summed E-state index contributed by atoms with van der Waals surface area (Å²) in [4.78, 5) is 17.5. The molecular weight excluding hydrogens is 352 g/mol. The molecule has 0 bridgehead atoms. The molecule has 4 heteroatoms. The topological polar surface area (TPSA) is 41.5 Å². The lowest BCUT2D eigenvalue weighted by Gasteiger charge is -2.08. The molecule has 0 heterocycles. The third-order valence-electron chi connectivity index (χ3n) is 4.02. The van der Waals surface area contributed by atoms with E-state index in [-0.39, 0.29) is 5.91 Å². The molecule has 0 aliphatic carbocycles. The van der Waals surface area contributed by atoms with Gasteiger partial charge >= 0.3 is 0 Å². The van der Waals surface area contributed by atoms with Gasteiger partial charge in [0.15, 0.2) is 0 Å². The summed E-state index contributed by atoms with van der Waals surface area (Å²) < 4.78 is 0. The molecule has 1 N–H and O–H groups in total. The number of carbonyl (C=O) groups is 1. The molecule has 0 atom stereocenters. The molecule has 0 aliphatic heterocycles. The summed E-state index contributed by atoms with van der Waals surface area (Å²) in [6, 6.07) is 27.0. The normalized spacial score (nSPS) is 11.9. The molecule has 27 heavy (non-hydrogen) atoms. The van der Waals surface area contributed by atoms with Gasteiger partial charge in [-0.3, -0.25) is 4.79 Å². The Morgan fingerprint density at radius 2 is 1.37 bits per heavy atom. The van der Waals surface area contributed by atoms with Crippen LogP contribution in [-0.4, -0.2) is 12.2 Å². The summed E-state index contributed by atoms with van der Waals surface area (Å²) in [6.07, 6.45) is 1.42. The predicted octanol–water partition coefficient (Wildman–Crippen LogP) is 5.21. The number of rotatable bonds is 5. The molecule has 134 valence electrons. The molecule has 3 nitrogen and oxygen atoms in total. The van der Waals surface area contributed by atoms with E-state index in [0.29, 0.717) is 11.3 Å². The fourth-order valence-electron chi connectivity index (χ4n) is 2.54. The lowest BCUT2D eigenvalue weighted by molar-refractivity contribution is 0.0978. The zero-order chi connectivity index (χ0) is 19.1. The quantitative estimate of drug-likeness (QED) is 0.274. The predicted molar refractivity (Wildman–Crippen MR) is 116 cm³/mol. The Morgan fingerprint density at radius 1 is 0.815 bits per heavy atom. The van der Waals surface area contributed by atoms with Gasteiger partial charge in [0.2, 0.25) is 0 Å². The molecule has 0 spiro atoms. The minimum atomic E-state index is -0.202. The number of thiol groups is 1. The number of hydrogen-bond donors (Lipinski definition) is 2. The van der Waals surface area contributed by atoms with E-state index in [2.05, 4.69) is 22.9 Å². The first-order chi connectivity index (χ1) is 13.1. The van der Waals surface area contributed by atoms with Crippen LogP contribution in [0.1, 0.15) is 27.0 Å². The Labute approximate surface area is 164 Å². The van der Waals surface area contributed by atoms with Gasteiger partial charge in [0.05, 0.1) is 12.0 Å². The van der Waals surface area contributed by atoms with Crippen LogP contribution in [0, 0.1) is 6.92 Å². The molecule has 0 fully saturated rings. The maximum absolute atomic E-state index is 12.3. The number of aliphatic imine (C=N–C) groups is 1. The minimum Gasteiger partial charge on any atom is -0.313 e. The van der Waals surface area contributed by atoms with Crippen LogP contribution < -0.4 is 5.32 Å². The monoisotopic (exact) mass is 372 g/mol. The van der Waals surface area contributed by atoms with Gasteiger partial charge in [-0.1, -0.05) is 78.4 Å². The Balaban J connectivity index is 1.87. The highest BCUT2D eigenvalue weighted by atomic mass is 32.1. The molecule has 0 aliphatic rings. The minimum absolute atomic E-state index is 0.202. The fraction of sp³-hybridized carbons (Fsp3) is 0.0435. The van der Waals surface area contributed by atoms with Gasteiger partial charge in [0, 0.05) is 16.0 Å². The van der Waals surface area contributed by atoms with Gasteiger partial charge in [-0.05, 0) is 24.6 Å². The highest BCUT2D eigenvalue weighted by Gasteiger charge is 2.08. The molecule has 1 amide bonds. The van der Waals surface area contributed by atoms with Crippen LogP contribution in [0.3, 0.4) is 0 Å². The number of benzene rings is 3. The van der Waals surface area contributed by atoms with Crippen LogP contribution in [0.2, 0.25) is 0 Å². The summed E-state index contributed by atoms with van der Waals surface area (Å²) in [5.41, 5.74) is 4.27. The smallest absolute Gasteiger partial charge is 0.256 e. The van der Waals surface area contributed by atoms with Gasteiger partial charge in [0.25, 0.3) is 5.91 Å². The number of hydrogen-bond acceptors (Lipinski definition) is 3. The van der Waals surface area contributed by atoms with Crippen molar-refractivity contribution in [3.8, 4) is 0 Å². The van der Waals surface area contributed by atoms with Crippen molar-refractivity contribution in [2.45, 2.75) is 6.92 Å². The van der Waals surface area contributed by atoms with Crippen molar-refractivity contribution in [3.05, 3.63) is 107 Å². The van der Waals surface area contributed by atoms with E-state index in [1.54, 1.807) is 12.1 Å². The molecule has 3 aromatic rings. The largest absolute Gasteiger partial charge is 0.313 e. The molecule has 0 unspecified atom stereocenters. The average Bonchev–Trinajstić information content (AvgIpc) is 2.72. The van der Waals surface area contributed by atoms with Crippen LogP contribution in [0.15, 0.2) is 89.9 Å². The first kappa shape index (κ1) is 18.7. The highest BCUT2D eigenvalue weighted by molar-refractivity contribution is 7.90. The first-order valence-electron chi connectivity index (χ1n) is 8.59. The van der Waals surface area contributed by atoms with Crippen LogP contribution in [0.4, 0.5) is 0 Å². The summed E-state index contributed by atoms with van der Waals surface area (Å²) in [7, 11) is 0. The number of nitrogens with one attached hydrogen (secondary N) is 1. The Kier molecular flexibility index (Phi) is 6.23. The van der Waals surface area contributed by atoms with E-state index in [1.807, 2.05) is 79.7 Å². The fourth-order valence-corrected chi connectivity index (χ4v) is 2.88. The first-order valence-corrected chi connectivity index (χ1v) is 9.04. The summed E-state index contributed by atoms with van der Waals surface area (Å²) in [6.45, 7) is 1.98. The standard InChI is InChI=1S/C23H20N2OS/c1-17-12-14-20(15-13-17)23(26)25-16-24-21(18-8-4-2-5-9-18)22(27)19-10-6-3-7-11-19/h2-16,27H,1H3,(H,24,25,26)/b22-21-. The van der Waals surface area contributed by atoms with E-state index in [4.69, 9.17) is 0 Å². The van der Waals surface area contributed by atoms with Crippen molar-refractivity contribution in [3.63, 3.8) is 0 Å². The molecule has 0 saturated carbocycles. The lowest BCUT2D eigenvalue weighted by Crippen LogP contribution is -2.21. The maximum atomic E-state index is 12.3. The highest BCUT2D eigenvalue weighted by Crippen LogP contribution is 2.29. The van der Waals surface area contributed by atoms with Crippen molar-refractivity contribution in [1.82, 2.24) is 5.32 Å². The van der Waals surface area contributed by atoms with Gasteiger partial charge in [-0.15, -0.1) is 12.6 Å². The van der Waals surface area contributed by atoms with Crippen molar-refractivity contribution in [2.75, 3.05) is 0 Å². The molecule has 0 radical (unpaired) electrons. The third kappa shape index (κ3) is 4.96. The van der Waals surface area contributed by atoms with Crippen molar-refractivity contribution >= 4 is 35.5 Å². The number of carbonyl (C=O) groups excluding carboxylic acids is 1. The van der Waals surface area contributed by atoms with Crippen molar-refractivity contribution in [2.24, 2.45) is 4.99 Å². The zero-order valence-electron chi connectivity index (χ0n) is 15.0. The van der Waals surface area contributed by atoms with E-state index >= 15 is 0 Å². The second-order valence-electron chi connectivity index (χ2n) is 6.03. The second kappa shape index (κ2) is 9.01. The number of nitrogens with zero attached hydrogens (tertiary/aromatic N) is 1. The van der Waals surface area contributed by atoms with Crippen molar-refractivity contribution < 1.29 is 4.79 Å². The Hall–Kier alpha value is -3.11. The maximum Gasteiger partial charge on any atom is 0.256 e. The lowest BCUT2D eigenvalue weighted by atomic mass is 10.1. The summed E-state index contributed by atoms with van der Waals surface area (Å²) >= 11 is 4.68. The Bertz CT molecular complexity index is 962. The SMILES string of the molecule is Cc1ccc(C(=O)NC=N/C(=C(\S)c2ccccc2)c2ccccc2)cc1. The van der Waals surface area contributed by atoms with Gasteiger partial charge in [0.1, 0.15) is 0 Å². The van der Waals surface area contributed by atoms with Crippen LogP contribution in [-0.2, 0) is 0 Å². The van der Waals surface area contributed by atoms with Crippen LogP contribution in [0.25, 0.3) is 10.6 Å². The number of amides is 1. The average molecular weight is 372 g/mol. The molecule has 0 aromatic heterocycles. The van der Waals surface area contributed by atoms with E-state index in [1.165, 1.54) is 6.34 Å². The van der Waals surface area contributed by atoms with Gasteiger partial charge in [-0.2, -0.15) is 0 Å². The van der Waals surface area contributed by atoms with Crippen LogP contribution in [0.5, 0.6) is 0 Å². The van der Waals surface area contributed by atoms with Gasteiger partial charge < -0.3 is 5.32 Å². The summed E-state index contributed by atoms with van der Waals surface area (Å²) in [5, 5.41) is 2.73. The van der Waals surface area contributed by atoms with E-state index in [0.717, 1.165) is 21.6 Å². The van der Waals surface area contributed by atoms with Crippen molar-refractivity contribution in [1.29, 1.82) is 0 Å². The molecular formula is C23H20N2OS. The molecule has 3 rings (SSSR count). The number of aryl methyl sites for hydroxylation is 1. The van der Waals surface area contributed by atoms with Gasteiger partial charge in [-0.25, -0.2) is 4.99 Å². The van der Waals surface area contributed by atoms with Crippen LogP contribution >= 0.6 is 12.6 Å².